The first-order valence-corrected chi connectivity index (χ1v) is 49.6. The SMILES string of the molecule is CCc1ccc(-c2cc3cccc4c3n2CCNC4=O)cc1.CCc1ccc(-c2cc3cccc4c3n2CCNC4=O)cc1.CCc1ccc(-c2nc3cccc4c3n2CCNC4=O)cc1.O=C1NCCn2c(-c3ccc(CN4CCCC4)cc3)cc3cccc1c32.O=C1NCCn2c(-c3ccc(CN4CCCCC4)cc3)nc3cccc1c32.O=C1NCCn2c(-c3cccs3)nc3cccc1c32. The largest absolute Gasteiger partial charge is 0.350 e. The second kappa shape index (κ2) is 39.7. The number of para-hydroxylation sites is 6. The van der Waals surface area contributed by atoms with E-state index in [4.69, 9.17) is 15.0 Å². The number of benzene rings is 11. The van der Waals surface area contributed by atoms with Gasteiger partial charge in [-0.15, -0.1) is 11.3 Å². The van der Waals surface area contributed by atoms with Gasteiger partial charge in [0.25, 0.3) is 35.4 Å². The molecule has 0 aliphatic carbocycles. The summed E-state index contributed by atoms with van der Waals surface area (Å²) >= 11 is 1.67. The van der Waals surface area contributed by atoms with E-state index >= 15 is 0 Å². The van der Waals surface area contributed by atoms with Crippen LogP contribution in [0.3, 0.4) is 0 Å². The van der Waals surface area contributed by atoms with Gasteiger partial charge in [0, 0.05) is 136 Å². The van der Waals surface area contributed by atoms with Gasteiger partial charge in [0.1, 0.15) is 11.6 Å². The van der Waals surface area contributed by atoms with E-state index in [0.29, 0.717) is 56.0 Å². The van der Waals surface area contributed by atoms with Crippen molar-refractivity contribution >= 4 is 113 Å². The van der Waals surface area contributed by atoms with Crippen LogP contribution in [0.15, 0.2) is 266 Å². The summed E-state index contributed by atoms with van der Waals surface area (Å²) in [6, 6.07) is 89.5. The van der Waals surface area contributed by atoms with Crippen LogP contribution in [-0.2, 0) is 71.6 Å². The number of likely N-dealkylation sites (tertiary alicyclic amines) is 2. The smallest absolute Gasteiger partial charge is 0.253 e. The maximum atomic E-state index is 12.3. The molecule has 24 heteroatoms. The molecule has 6 N–H and O–H groups in total. The predicted octanol–water partition coefficient (Wildman–Crippen LogP) is 19.8. The van der Waals surface area contributed by atoms with Crippen LogP contribution >= 0.6 is 11.3 Å². The van der Waals surface area contributed by atoms with Gasteiger partial charge in [-0.05, 0) is 200 Å². The molecule has 0 unspecified atom stereocenters. The molecule has 694 valence electrons. The van der Waals surface area contributed by atoms with E-state index in [9.17, 15) is 28.8 Å². The minimum absolute atomic E-state index is 0.0114. The Morgan fingerprint density at radius 1 is 0.261 bits per heavy atom. The summed E-state index contributed by atoms with van der Waals surface area (Å²) in [7, 11) is 0. The van der Waals surface area contributed by atoms with Crippen LogP contribution in [0, 0.1) is 0 Å². The van der Waals surface area contributed by atoms with Gasteiger partial charge in [0.2, 0.25) is 0 Å². The summed E-state index contributed by atoms with van der Waals surface area (Å²) in [6.45, 7) is 21.9. The lowest BCUT2D eigenvalue weighted by molar-refractivity contribution is 0.0948. The fourth-order valence-corrected chi connectivity index (χ4v) is 21.5. The van der Waals surface area contributed by atoms with E-state index in [-0.39, 0.29) is 35.4 Å². The third-order valence-corrected chi connectivity index (χ3v) is 28.7. The third kappa shape index (κ3) is 18.0. The van der Waals surface area contributed by atoms with E-state index in [1.165, 1.54) is 120 Å². The van der Waals surface area contributed by atoms with Crippen molar-refractivity contribution in [2.24, 2.45) is 0 Å². The van der Waals surface area contributed by atoms with Gasteiger partial charge in [0.15, 0.2) is 5.82 Å². The van der Waals surface area contributed by atoms with Crippen LogP contribution in [-0.4, -0.2) is 153 Å². The summed E-state index contributed by atoms with van der Waals surface area (Å²) < 4.78 is 13.3. The molecule has 6 amide bonds. The molecule has 0 bridgehead atoms. The molecule has 0 radical (unpaired) electrons. The van der Waals surface area contributed by atoms with E-state index < -0.39 is 0 Å². The van der Waals surface area contributed by atoms with Gasteiger partial charge in [-0.25, -0.2) is 15.0 Å². The Labute approximate surface area is 805 Å². The van der Waals surface area contributed by atoms with Gasteiger partial charge in [-0.3, -0.25) is 38.6 Å². The van der Waals surface area contributed by atoms with Gasteiger partial charge < -0.3 is 59.3 Å². The molecule has 2 fully saturated rings. The third-order valence-electron chi connectivity index (χ3n) is 27.9. The quantitative estimate of drug-likeness (QED) is 0.0633. The first kappa shape index (κ1) is 89.4. The summed E-state index contributed by atoms with van der Waals surface area (Å²) in [6.07, 6.45) is 9.77. The molecule has 23 nitrogen and oxygen atoms in total. The van der Waals surface area contributed by atoms with Crippen molar-refractivity contribution in [3.8, 4) is 67.2 Å². The van der Waals surface area contributed by atoms with Crippen LogP contribution in [0.5, 0.6) is 0 Å². The molecule has 0 saturated carbocycles. The minimum Gasteiger partial charge on any atom is -0.350 e. The van der Waals surface area contributed by atoms with Crippen LogP contribution in [0.2, 0.25) is 0 Å². The Balaban J connectivity index is 0.0000000990. The number of aromatic nitrogens is 9. The molecule has 0 atom stereocenters. The van der Waals surface area contributed by atoms with Crippen molar-refractivity contribution in [3.63, 3.8) is 0 Å². The highest BCUT2D eigenvalue weighted by Gasteiger charge is 2.30. The highest BCUT2D eigenvalue weighted by molar-refractivity contribution is 7.13. The molecule has 8 aliphatic rings. The number of imidazole rings is 3. The average molecular weight is 1850 g/mol. The fourth-order valence-electron chi connectivity index (χ4n) is 20.8. The number of carbonyl (C=O) groups excluding carboxylic acids is 6. The lowest BCUT2D eigenvalue weighted by atomic mass is 10.1. The Morgan fingerprint density at radius 2 is 0.529 bits per heavy atom. The van der Waals surface area contributed by atoms with Crippen LogP contribution in [0.4, 0.5) is 0 Å². The molecule has 0 spiro atoms. The van der Waals surface area contributed by atoms with Crippen LogP contribution in [0.1, 0.15) is 143 Å². The standard InChI is InChI=1S/C22H24N4O.C22H23N3O.2C19H18N2O.C18H17N3O.C14H11N3OS/c27-22-18-5-4-6-19-20(18)26(14-11-23-22)21(24-19)17-9-7-16(8-10-17)15-25-12-2-1-3-13-25;26-22-19-5-3-4-18-14-20(25(21(18)19)13-10-23-22)17-8-6-16(7-9-17)15-24-11-1-2-12-24;2*1-2-13-6-8-14(9-7-13)17-12-15-4-3-5-16-18(15)21(17)11-10-20-19(16)22;1-2-12-6-8-13(9-7-12)17-20-15-5-3-4-14-16(15)21(17)11-10-19-18(14)22;18-14-9-3-1-4-10-12(9)17(7-6-15-14)13(16-10)11-5-2-8-19-11/h4-10H,1-3,11-15H2,(H,23,27);3-9,14H,1-2,10-13,15H2,(H,23,26);2*3-9,12H,2,10-11H2,1H3,(H,20,22);3-9H,2,10-11H2,1H3,(H,19,22);1-5,8H,6-7H2,(H,15,18). The lowest BCUT2D eigenvalue weighted by Crippen LogP contribution is -2.29. The first-order chi connectivity index (χ1) is 67.8. The molecule has 8 aliphatic heterocycles. The van der Waals surface area contributed by atoms with Crippen molar-refractivity contribution in [3.05, 3.63) is 327 Å². The molecule has 7 aromatic heterocycles. The van der Waals surface area contributed by atoms with Gasteiger partial charge in [-0.2, -0.15) is 0 Å². The van der Waals surface area contributed by atoms with Crippen LogP contribution < -0.4 is 31.9 Å². The first-order valence-electron chi connectivity index (χ1n) is 48.8. The summed E-state index contributed by atoms with van der Waals surface area (Å²) in [5, 5.41) is 23.2. The molecular formula is C114H111N17O6S. The number of thiophene rings is 1. The van der Waals surface area contributed by atoms with Crippen molar-refractivity contribution in [2.75, 3.05) is 65.4 Å². The molecule has 2 saturated heterocycles. The fraction of sp³-hybridized carbons (Fsp3) is 0.254. The number of rotatable bonds is 13. The van der Waals surface area contributed by atoms with E-state index in [2.05, 4.69) is 254 Å². The van der Waals surface area contributed by atoms with E-state index in [0.717, 1.165) is 188 Å². The zero-order valence-electron chi connectivity index (χ0n) is 78.1. The van der Waals surface area contributed by atoms with Crippen molar-refractivity contribution in [1.82, 2.24) is 84.1 Å². The highest BCUT2D eigenvalue weighted by Crippen LogP contribution is 2.39. The minimum atomic E-state index is -0.0165. The van der Waals surface area contributed by atoms with E-state index in [1.54, 1.807) is 11.3 Å². The Morgan fingerprint density at radius 3 is 0.833 bits per heavy atom. The normalized spacial score (nSPS) is 15.4. The molecule has 15 heterocycles. The van der Waals surface area contributed by atoms with Gasteiger partial charge >= 0.3 is 0 Å². The Kier molecular flexibility index (Phi) is 25.7. The second-order valence-electron chi connectivity index (χ2n) is 36.4. The number of hydrogen-bond acceptors (Lipinski definition) is 12. The van der Waals surface area contributed by atoms with Crippen molar-refractivity contribution in [1.29, 1.82) is 0 Å². The number of nitrogens with zero attached hydrogens (tertiary/aromatic N) is 11. The number of piperidine rings is 1. The van der Waals surface area contributed by atoms with Crippen molar-refractivity contribution in [2.45, 2.75) is 124 Å². The zero-order chi connectivity index (χ0) is 93.9. The van der Waals surface area contributed by atoms with Gasteiger partial charge in [0.05, 0.1) is 87.9 Å². The maximum absolute atomic E-state index is 12.3. The predicted molar refractivity (Wildman–Crippen MR) is 551 cm³/mol. The second-order valence-corrected chi connectivity index (χ2v) is 37.4. The number of amides is 6. The number of nitrogens with one attached hydrogen (secondary N) is 6. The van der Waals surface area contributed by atoms with Gasteiger partial charge in [-0.1, -0.05) is 209 Å². The van der Waals surface area contributed by atoms with E-state index in [1.807, 2.05) is 102 Å². The Hall–Kier alpha value is -15.1. The lowest BCUT2D eigenvalue weighted by Gasteiger charge is -2.26. The van der Waals surface area contributed by atoms with Crippen LogP contribution in [0.25, 0.3) is 133 Å². The number of hydrogen-bond donors (Lipinski definition) is 6. The van der Waals surface area contributed by atoms with Crippen molar-refractivity contribution < 1.29 is 28.8 Å². The molecule has 138 heavy (non-hydrogen) atoms. The zero-order valence-corrected chi connectivity index (χ0v) is 78.9. The molecule has 18 aromatic rings. The summed E-state index contributed by atoms with van der Waals surface area (Å²) in [5.74, 6) is 2.86. The monoisotopic (exact) mass is 1850 g/mol. The summed E-state index contributed by atoms with van der Waals surface area (Å²) in [4.78, 5) is 93.8. The Bertz CT molecular complexity index is 7280. The topological polar surface area (TPSA) is 249 Å². The summed E-state index contributed by atoms with van der Waals surface area (Å²) in [5.41, 5.74) is 29.2. The number of aryl methyl sites for hydroxylation is 3. The average Bonchev–Trinajstić information content (AvgIpc) is 1.64. The molecular weight excluding hydrogens is 1740 g/mol. The molecule has 11 aromatic carbocycles. The highest BCUT2D eigenvalue weighted by atomic mass is 32.1. The molecule has 26 rings (SSSR count). The maximum Gasteiger partial charge on any atom is 0.253 e. The number of carbonyl (C=O) groups is 6.